The molecule has 0 saturated heterocycles. The third-order valence-electron chi connectivity index (χ3n) is 1.93. The summed E-state index contributed by atoms with van der Waals surface area (Å²) in [5.74, 6) is 0. The van der Waals surface area contributed by atoms with Gasteiger partial charge >= 0.3 is 0 Å². The molecule has 0 fully saturated rings. The molecule has 1 heterocycles. The van der Waals surface area contributed by atoms with Gasteiger partial charge in [0.05, 0.1) is 5.69 Å². The van der Waals surface area contributed by atoms with Crippen molar-refractivity contribution in [2.24, 2.45) is 0 Å². The number of pyridine rings is 1. The molecule has 1 aromatic carbocycles. The summed E-state index contributed by atoms with van der Waals surface area (Å²) in [6, 6.07) is 9.55. The van der Waals surface area contributed by atoms with Crippen molar-refractivity contribution in [1.29, 1.82) is 0 Å². The predicted molar refractivity (Wildman–Crippen MR) is 74.4 cm³/mol. The monoisotopic (exact) mass is 360 g/mol. The van der Waals surface area contributed by atoms with Gasteiger partial charge in [-0.15, -0.1) is 0 Å². The zero-order valence-electron chi connectivity index (χ0n) is 8.05. The van der Waals surface area contributed by atoms with E-state index in [1.165, 1.54) is 0 Å². The summed E-state index contributed by atoms with van der Waals surface area (Å²) in [6.07, 6.45) is 1.66. The highest BCUT2D eigenvalue weighted by Gasteiger charge is 2.01. The van der Waals surface area contributed by atoms with Crippen molar-refractivity contribution < 1.29 is 0 Å². The molecule has 0 amide bonds. The van der Waals surface area contributed by atoms with Crippen LogP contribution < -0.4 is 5.32 Å². The van der Waals surface area contributed by atoms with E-state index in [-0.39, 0.29) is 0 Å². The Labute approximate surface area is 115 Å². The fourth-order valence-corrected chi connectivity index (χ4v) is 2.11. The van der Waals surface area contributed by atoms with E-state index in [4.69, 9.17) is 11.6 Å². The first-order chi connectivity index (χ1) is 7.65. The van der Waals surface area contributed by atoms with Crippen LogP contribution in [-0.4, -0.2) is 4.98 Å². The largest absolute Gasteiger partial charge is 0.354 e. The Morgan fingerprint density at radius 2 is 1.94 bits per heavy atom. The van der Waals surface area contributed by atoms with E-state index in [9.17, 15) is 0 Å². The Kier molecular flexibility index (Phi) is 3.84. The molecule has 0 aliphatic heterocycles. The van der Waals surface area contributed by atoms with Crippen LogP contribution in [0.2, 0.25) is 5.15 Å². The highest BCUT2D eigenvalue weighted by molar-refractivity contribution is 9.11. The van der Waals surface area contributed by atoms with Gasteiger partial charge in [0.1, 0.15) is 5.15 Å². The van der Waals surface area contributed by atoms with Gasteiger partial charge in [-0.25, -0.2) is 4.98 Å². The molecule has 0 radical (unpaired) electrons. The maximum Gasteiger partial charge on any atom is 0.131 e. The normalized spacial score (nSPS) is 10.2. The van der Waals surface area contributed by atoms with Gasteiger partial charge < -0.3 is 5.32 Å². The molecule has 0 atom stereocenters. The predicted octanol–water partition coefficient (Wildman–Crippen LogP) is 5.00. The lowest BCUT2D eigenvalue weighted by Gasteiger charge is -2.08. The number of benzene rings is 1. The smallest absolute Gasteiger partial charge is 0.131 e. The minimum absolute atomic E-state index is 0.469. The van der Waals surface area contributed by atoms with Gasteiger partial charge in [-0.2, -0.15) is 0 Å². The van der Waals surface area contributed by atoms with Gasteiger partial charge in [0.2, 0.25) is 0 Å². The molecular weight excluding hydrogens is 355 g/mol. The topological polar surface area (TPSA) is 24.9 Å². The van der Waals surface area contributed by atoms with Crippen LogP contribution in [0, 0.1) is 0 Å². The van der Waals surface area contributed by atoms with Crippen LogP contribution in [0.4, 0.5) is 11.4 Å². The van der Waals surface area contributed by atoms with E-state index in [0.717, 1.165) is 20.3 Å². The van der Waals surface area contributed by atoms with Crippen LogP contribution in [0.15, 0.2) is 45.5 Å². The van der Waals surface area contributed by atoms with Crippen molar-refractivity contribution in [3.63, 3.8) is 0 Å². The lowest BCUT2D eigenvalue weighted by molar-refractivity contribution is 1.32. The summed E-state index contributed by atoms with van der Waals surface area (Å²) < 4.78 is 2.00. The van der Waals surface area contributed by atoms with Crippen LogP contribution in [0.25, 0.3) is 0 Å². The van der Waals surface area contributed by atoms with Gasteiger partial charge in [-0.1, -0.05) is 27.5 Å². The van der Waals surface area contributed by atoms with E-state index in [0.29, 0.717) is 5.15 Å². The van der Waals surface area contributed by atoms with Crippen LogP contribution in [0.3, 0.4) is 0 Å². The molecule has 0 unspecified atom stereocenters. The van der Waals surface area contributed by atoms with Crippen molar-refractivity contribution in [2.45, 2.75) is 0 Å². The Morgan fingerprint density at radius 1 is 1.12 bits per heavy atom. The van der Waals surface area contributed by atoms with Crippen molar-refractivity contribution in [1.82, 2.24) is 4.98 Å². The molecular formula is C11H7Br2ClN2. The maximum absolute atomic E-state index is 5.81. The molecule has 0 bridgehead atoms. The SMILES string of the molecule is Clc1cc(Nc2cc(Br)ccc2Br)ccn1. The molecule has 2 nitrogen and oxygen atoms in total. The number of nitrogens with one attached hydrogen (secondary N) is 1. The summed E-state index contributed by atoms with van der Waals surface area (Å²) in [5, 5.41) is 3.72. The average Bonchev–Trinajstić information content (AvgIpc) is 2.24. The molecule has 1 aromatic heterocycles. The van der Waals surface area contributed by atoms with E-state index < -0.39 is 0 Å². The second-order valence-electron chi connectivity index (χ2n) is 3.12. The molecule has 0 aliphatic rings. The molecule has 5 heteroatoms. The third kappa shape index (κ3) is 2.97. The summed E-state index contributed by atoms with van der Waals surface area (Å²) >= 11 is 12.7. The quantitative estimate of drug-likeness (QED) is 0.760. The van der Waals surface area contributed by atoms with E-state index in [1.54, 1.807) is 12.3 Å². The van der Waals surface area contributed by atoms with Crippen molar-refractivity contribution in [3.8, 4) is 0 Å². The molecule has 2 rings (SSSR count). The standard InChI is InChI=1S/C11H7Br2ClN2/c12-7-1-2-9(13)10(5-7)16-8-3-4-15-11(14)6-8/h1-6H,(H,15,16). The average molecular weight is 362 g/mol. The number of aromatic nitrogens is 1. The highest BCUT2D eigenvalue weighted by atomic mass is 79.9. The first kappa shape index (κ1) is 11.9. The number of anilines is 2. The second kappa shape index (κ2) is 5.17. The van der Waals surface area contributed by atoms with Crippen LogP contribution in [0.5, 0.6) is 0 Å². The van der Waals surface area contributed by atoms with Gasteiger partial charge in [-0.05, 0) is 46.3 Å². The van der Waals surface area contributed by atoms with Crippen molar-refractivity contribution >= 4 is 54.8 Å². The Hall–Kier alpha value is -0.580. The third-order valence-corrected chi connectivity index (χ3v) is 3.33. The molecule has 16 heavy (non-hydrogen) atoms. The summed E-state index contributed by atoms with van der Waals surface area (Å²) in [5.41, 5.74) is 1.87. The number of nitrogens with zero attached hydrogens (tertiary/aromatic N) is 1. The zero-order valence-corrected chi connectivity index (χ0v) is 12.0. The summed E-state index contributed by atoms with van der Waals surface area (Å²) in [6.45, 7) is 0. The fraction of sp³-hybridized carbons (Fsp3) is 0. The van der Waals surface area contributed by atoms with E-state index >= 15 is 0 Å². The van der Waals surface area contributed by atoms with Crippen LogP contribution in [-0.2, 0) is 0 Å². The van der Waals surface area contributed by atoms with Gasteiger partial charge in [-0.3, -0.25) is 0 Å². The fourth-order valence-electron chi connectivity index (χ4n) is 1.23. The minimum Gasteiger partial charge on any atom is -0.354 e. The Balaban J connectivity index is 2.30. The maximum atomic E-state index is 5.81. The first-order valence-electron chi connectivity index (χ1n) is 4.49. The van der Waals surface area contributed by atoms with Crippen molar-refractivity contribution in [3.05, 3.63) is 50.6 Å². The summed E-state index contributed by atoms with van der Waals surface area (Å²) in [4.78, 5) is 3.93. The van der Waals surface area contributed by atoms with Crippen molar-refractivity contribution in [2.75, 3.05) is 5.32 Å². The summed E-state index contributed by atoms with van der Waals surface area (Å²) in [7, 11) is 0. The number of hydrogen-bond acceptors (Lipinski definition) is 2. The van der Waals surface area contributed by atoms with Crippen LogP contribution in [0.1, 0.15) is 0 Å². The molecule has 0 saturated carbocycles. The van der Waals surface area contributed by atoms with E-state index in [2.05, 4.69) is 42.2 Å². The Morgan fingerprint density at radius 3 is 2.69 bits per heavy atom. The van der Waals surface area contributed by atoms with Gasteiger partial charge in [0, 0.05) is 20.8 Å². The molecule has 2 aromatic rings. The Bertz CT molecular complexity index is 517. The first-order valence-corrected chi connectivity index (χ1v) is 6.45. The number of hydrogen-bond donors (Lipinski definition) is 1. The van der Waals surface area contributed by atoms with Gasteiger partial charge in [0.15, 0.2) is 0 Å². The van der Waals surface area contributed by atoms with Gasteiger partial charge in [0.25, 0.3) is 0 Å². The van der Waals surface area contributed by atoms with Crippen LogP contribution >= 0.6 is 43.5 Å². The number of halogens is 3. The molecule has 0 spiro atoms. The molecule has 82 valence electrons. The minimum atomic E-state index is 0.469. The second-order valence-corrected chi connectivity index (χ2v) is 5.27. The van der Waals surface area contributed by atoms with E-state index in [1.807, 2.05) is 24.3 Å². The lowest BCUT2D eigenvalue weighted by Crippen LogP contribution is -1.91. The molecule has 0 aliphatic carbocycles. The lowest BCUT2D eigenvalue weighted by atomic mass is 10.3. The molecule has 1 N–H and O–H groups in total. The highest BCUT2D eigenvalue weighted by Crippen LogP contribution is 2.29. The zero-order chi connectivity index (χ0) is 11.5. The number of rotatable bonds is 2.